The standard InChI is InChI=1S/C21H26N4O5S/c1-12-18(31-21(24-12)13-7-8-15(29-3)16(10-13)30-4)20(28)23-11-17(26)25-9-5-6-14(25)19(27)22-2/h7-8,10,14H,5-6,9,11H2,1-4H3,(H,22,27)(H,23,28). The summed E-state index contributed by atoms with van der Waals surface area (Å²) < 4.78 is 10.6. The first-order valence-corrected chi connectivity index (χ1v) is 10.7. The molecule has 10 heteroatoms. The number of carbonyl (C=O) groups excluding carboxylic acids is 3. The third-order valence-corrected chi connectivity index (χ3v) is 6.36. The Morgan fingerprint density at radius 3 is 2.65 bits per heavy atom. The van der Waals surface area contributed by atoms with Gasteiger partial charge in [0.15, 0.2) is 11.5 Å². The van der Waals surface area contributed by atoms with E-state index in [-0.39, 0.29) is 24.3 Å². The van der Waals surface area contributed by atoms with Gasteiger partial charge in [0.1, 0.15) is 15.9 Å². The Bertz CT molecular complexity index is 990. The first kappa shape index (κ1) is 22.5. The van der Waals surface area contributed by atoms with Crippen molar-refractivity contribution in [1.29, 1.82) is 0 Å². The van der Waals surface area contributed by atoms with Gasteiger partial charge in [-0.25, -0.2) is 4.98 Å². The molecule has 1 saturated heterocycles. The zero-order valence-corrected chi connectivity index (χ0v) is 18.8. The van der Waals surface area contributed by atoms with Crippen LogP contribution in [0.5, 0.6) is 11.5 Å². The summed E-state index contributed by atoms with van der Waals surface area (Å²) in [5.74, 6) is 0.344. The number of hydrogen-bond acceptors (Lipinski definition) is 7. The molecule has 1 aliphatic heterocycles. The summed E-state index contributed by atoms with van der Waals surface area (Å²) in [6.07, 6.45) is 1.39. The van der Waals surface area contributed by atoms with E-state index >= 15 is 0 Å². The Kier molecular flexibility index (Phi) is 7.11. The number of likely N-dealkylation sites (tertiary alicyclic amines) is 1. The molecule has 166 valence electrons. The van der Waals surface area contributed by atoms with Gasteiger partial charge >= 0.3 is 0 Å². The molecule has 9 nitrogen and oxygen atoms in total. The normalized spacial score (nSPS) is 15.5. The van der Waals surface area contributed by atoms with Crippen LogP contribution in [0.4, 0.5) is 0 Å². The molecule has 1 fully saturated rings. The van der Waals surface area contributed by atoms with Crippen molar-refractivity contribution >= 4 is 29.1 Å². The number of methoxy groups -OCH3 is 2. The molecule has 0 radical (unpaired) electrons. The lowest BCUT2D eigenvalue weighted by atomic mass is 10.2. The van der Waals surface area contributed by atoms with Gasteiger partial charge in [-0.2, -0.15) is 0 Å². The van der Waals surface area contributed by atoms with Crippen LogP contribution in [0.15, 0.2) is 18.2 Å². The van der Waals surface area contributed by atoms with Crippen molar-refractivity contribution in [2.75, 3.05) is 34.4 Å². The van der Waals surface area contributed by atoms with Crippen LogP contribution in [0, 0.1) is 6.92 Å². The zero-order valence-electron chi connectivity index (χ0n) is 18.0. The largest absolute Gasteiger partial charge is 0.493 e. The van der Waals surface area contributed by atoms with Crippen LogP contribution >= 0.6 is 11.3 Å². The number of nitrogens with zero attached hydrogens (tertiary/aromatic N) is 2. The number of hydrogen-bond donors (Lipinski definition) is 2. The van der Waals surface area contributed by atoms with Gasteiger partial charge in [-0.3, -0.25) is 14.4 Å². The summed E-state index contributed by atoms with van der Waals surface area (Å²) in [4.78, 5) is 43.6. The first-order valence-electron chi connectivity index (χ1n) is 9.88. The number of carbonyl (C=O) groups is 3. The Labute approximate surface area is 184 Å². The summed E-state index contributed by atoms with van der Waals surface area (Å²) in [6.45, 7) is 2.09. The zero-order chi connectivity index (χ0) is 22.5. The molecule has 3 amide bonds. The van der Waals surface area contributed by atoms with E-state index in [0.717, 1.165) is 12.0 Å². The van der Waals surface area contributed by atoms with Crippen LogP contribution in [-0.4, -0.2) is 68.0 Å². The summed E-state index contributed by atoms with van der Waals surface area (Å²) in [5.41, 5.74) is 1.37. The second kappa shape index (κ2) is 9.78. The number of thiazole rings is 1. The smallest absolute Gasteiger partial charge is 0.263 e. The number of nitrogens with one attached hydrogen (secondary N) is 2. The average Bonchev–Trinajstić information content (AvgIpc) is 3.43. The summed E-state index contributed by atoms with van der Waals surface area (Å²) in [6, 6.07) is 4.95. The molecular weight excluding hydrogens is 420 g/mol. The average molecular weight is 447 g/mol. The van der Waals surface area contributed by atoms with Crippen LogP contribution in [-0.2, 0) is 9.59 Å². The summed E-state index contributed by atoms with van der Waals surface area (Å²) >= 11 is 1.24. The number of aromatic nitrogens is 1. The molecule has 0 bridgehead atoms. The monoisotopic (exact) mass is 446 g/mol. The molecule has 0 spiro atoms. The van der Waals surface area contributed by atoms with Gasteiger partial charge in [0.25, 0.3) is 5.91 Å². The molecule has 2 aromatic rings. The van der Waals surface area contributed by atoms with E-state index in [2.05, 4.69) is 15.6 Å². The molecule has 31 heavy (non-hydrogen) atoms. The van der Waals surface area contributed by atoms with E-state index in [1.54, 1.807) is 40.3 Å². The topological polar surface area (TPSA) is 110 Å². The van der Waals surface area contributed by atoms with Gasteiger partial charge in [0.2, 0.25) is 11.8 Å². The van der Waals surface area contributed by atoms with Crippen molar-refractivity contribution in [2.24, 2.45) is 0 Å². The van der Waals surface area contributed by atoms with Gasteiger partial charge in [0.05, 0.1) is 26.5 Å². The molecule has 1 unspecified atom stereocenters. The predicted octanol–water partition coefficient (Wildman–Crippen LogP) is 1.60. The van der Waals surface area contributed by atoms with Crippen LogP contribution < -0.4 is 20.1 Å². The molecule has 1 aromatic carbocycles. The quantitative estimate of drug-likeness (QED) is 0.669. The molecular formula is C21H26N4O5S. The third kappa shape index (κ3) is 4.79. The number of likely N-dealkylation sites (N-methyl/N-ethyl adjacent to an activating group) is 1. The third-order valence-electron chi connectivity index (χ3n) is 5.16. The second-order valence-corrected chi connectivity index (χ2v) is 8.04. The molecule has 0 aliphatic carbocycles. The maximum absolute atomic E-state index is 12.7. The number of amides is 3. The minimum Gasteiger partial charge on any atom is -0.493 e. The highest BCUT2D eigenvalue weighted by atomic mass is 32.1. The van der Waals surface area contributed by atoms with Crippen molar-refractivity contribution in [2.45, 2.75) is 25.8 Å². The Balaban J connectivity index is 1.69. The van der Waals surface area contributed by atoms with E-state index < -0.39 is 6.04 Å². The van der Waals surface area contributed by atoms with Gasteiger partial charge in [-0.15, -0.1) is 11.3 Å². The first-order chi connectivity index (χ1) is 14.9. The van der Waals surface area contributed by atoms with E-state index in [9.17, 15) is 14.4 Å². The number of benzene rings is 1. The lowest BCUT2D eigenvalue weighted by molar-refractivity contribution is -0.137. The Morgan fingerprint density at radius 1 is 1.23 bits per heavy atom. The van der Waals surface area contributed by atoms with Crippen LogP contribution in [0.25, 0.3) is 10.6 Å². The van der Waals surface area contributed by atoms with Gasteiger partial charge in [-0.1, -0.05) is 0 Å². The van der Waals surface area contributed by atoms with E-state index in [0.29, 0.717) is 40.0 Å². The Morgan fingerprint density at radius 2 is 1.97 bits per heavy atom. The van der Waals surface area contributed by atoms with Crippen molar-refractivity contribution in [3.05, 3.63) is 28.8 Å². The fraction of sp³-hybridized carbons (Fsp3) is 0.429. The maximum Gasteiger partial charge on any atom is 0.263 e. The number of rotatable bonds is 7. The summed E-state index contributed by atoms with van der Waals surface area (Å²) in [5, 5.41) is 5.90. The molecule has 2 heterocycles. The molecule has 2 N–H and O–H groups in total. The van der Waals surface area contributed by atoms with Crippen molar-refractivity contribution in [1.82, 2.24) is 20.5 Å². The molecule has 1 aromatic heterocycles. The van der Waals surface area contributed by atoms with E-state index in [4.69, 9.17) is 9.47 Å². The fourth-order valence-electron chi connectivity index (χ4n) is 3.54. The number of aryl methyl sites for hydroxylation is 1. The minimum atomic E-state index is -0.476. The minimum absolute atomic E-state index is 0.171. The second-order valence-electron chi connectivity index (χ2n) is 7.05. The maximum atomic E-state index is 12.7. The van der Waals surface area contributed by atoms with E-state index in [1.807, 2.05) is 6.07 Å². The lowest BCUT2D eigenvalue weighted by Crippen LogP contribution is -2.48. The van der Waals surface area contributed by atoms with E-state index in [1.165, 1.54) is 16.2 Å². The highest BCUT2D eigenvalue weighted by Crippen LogP contribution is 2.35. The predicted molar refractivity (Wildman–Crippen MR) is 117 cm³/mol. The molecule has 3 rings (SSSR count). The van der Waals surface area contributed by atoms with Crippen molar-refractivity contribution < 1.29 is 23.9 Å². The fourth-order valence-corrected chi connectivity index (χ4v) is 4.52. The SMILES string of the molecule is CNC(=O)C1CCCN1C(=O)CNC(=O)c1sc(-c2ccc(OC)c(OC)c2)nc1C. The molecule has 0 saturated carbocycles. The van der Waals surface area contributed by atoms with Gasteiger partial charge in [-0.05, 0) is 38.0 Å². The van der Waals surface area contributed by atoms with Crippen molar-refractivity contribution in [3.63, 3.8) is 0 Å². The van der Waals surface area contributed by atoms with Crippen LogP contribution in [0.2, 0.25) is 0 Å². The van der Waals surface area contributed by atoms with Crippen LogP contribution in [0.3, 0.4) is 0 Å². The highest BCUT2D eigenvalue weighted by Gasteiger charge is 2.33. The Hall–Kier alpha value is -3.14. The molecule has 1 aliphatic rings. The highest BCUT2D eigenvalue weighted by molar-refractivity contribution is 7.17. The number of ether oxygens (including phenoxy) is 2. The van der Waals surface area contributed by atoms with Gasteiger partial charge < -0.3 is 25.0 Å². The summed E-state index contributed by atoms with van der Waals surface area (Å²) in [7, 11) is 4.67. The van der Waals surface area contributed by atoms with Crippen molar-refractivity contribution in [3.8, 4) is 22.1 Å². The lowest BCUT2D eigenvalue weighted by Gasteiger charge is -2.23. The molecule has 1 atom stereocenters. The van der Waals surface area contributed by atoms with Gasteiger partial charge in [0, 0.05) is 19.2 Å². The van der Waals surface area contributed by atoms with Crippen LogP contribution in [0.1, 0.15) is 28.2 Å².